The van der Waals surface area contributed by atoms with Crippen LogP contribution in [0.25, 0.3) is 0 Å². The summed E-state index contributed by atoms with van der Waals surface area (Å²) in [6, 6.07) is 9.36. The Labute approximate surface area is 103 Å². The van der Waals surface area contributed by atoms with Crippen molar-refractivity contribution in [1.82, 2.24) is 0 Å². The van der Waals surface area contributed by atoms with Crippen LogP contribution in [0.4, 0.5) is 5.69 Å². The normalized spacial score (nSPS) is 13.2. The number of hydrogen-bond acceptors (Lipinski definition) is 2. The van der Waals surface area contributed by atoms with Crippen LogP contribution < -0.4 is 11.1 Å². The quantitative estimate of drug-likeness (QED) is 0.841. The number of anilines is 1. The van der Waals surface area contributed by atoms with E-state index in [0.717, 1.165) is 12.1 Å². The van der Waals surface area contributed by atoms with Crippen LogP contribution >= 0.6 is 0 Å². The van der Waals surface area contributed by atoms with E-state index >= 15 is 0 Å². The molecule has 1 aromatic carbocycles. The van der Waals surface area contributed by atoms with Crippen LogP contribution in [0.1, 0.15) is 33.6 Å². The van der Waals surface area contributed by atoms with Crippen molar-refractivity contribution in [2.24, 2.45) is 11.1 Å². The summed E-state index contributed by atoms with van der Waals surface area (Å²) in [4.78, 5) is 11.7. The third kappa shape index (κ3) is 6.07. The number of carbonyl (C=O) groups excluding carboxylic acids is 1. The van der Waals surface area contributed by atoms with Gasteiger partial charge in [-0.25, -0.2) is 0 Å². The van der Waals surface area contributed by atoms with Crippen molar-refractivity contribution in [3.8, 4) is 0 Å². The molecule has 0 aliphatic rings. The van der Waals surface area contributed by atoms with Crippen LogP contribution in [0.15, 0.2) is 30.3 Å². The molecule has 1 aromatic rings. The molecule has 3 nitrogen and oxygen atoms in total. The Hall–Kier alpha value is -1.35. The van der Waals surface area contributed by atoms with Crippen molar-refractivity contribution in [3.63, 3.8) is 0 Å². The van der Waals surface area contributed by atoms with Gasteiger partial charge in [0.05, 0.1) is 0 Å². The zero-order valence-electron chi connectivity index (χ0n) is 10.9. The molecular formula is C14H22N2O. The molecule has 0 bridgehead atoms. The monoisotopic (exact) mass is 234 g/mol. The fraction of sp³-hybridized carbons (Fsp3) is 0.500. The Bertz CT molecular complexity index is 354. The second-order valence-corrected chi connectivity index (χ2v) is 5.64. The summed E-state index contributed by atoms with van der Waals surface area (Å²) in [5.41, 5.74) is 6.93. The van der Waals surface area contributed by atoms with Crippen molar-refractivity contribution in [3.05, 3.63) is 30.3 Å². The summed E-state index contributed by atoms with van der Waals surface area (Å²) in [5.74, 6) is -0.0204. The van der Waals surface area contributed by atoms with Gasteiger partial charge in [-0.15, -0.1) is 0 Å². The molecule has 1 unspecified atom stereocenters. The molecule has 1 rings (SSSR count). The van der Waals surface area contributed by atoms with E-state index in [1.54, 1.807) is 0 Å². The van der Waals surface area contributed by atoms with Gasteiger partial charge in [0.2, 0.25) is 5.91 Å². The SMILES string of the molecule is CC(C)(C)CC(N)CC(=O)Nc1ccccc1. The summed E-state index contributed by atoms with van der Waals surface area (Å²) in [5, 5.41) is 2.84. The molecule has 0 aliphatic carbocycles. The van der Waals surface area contributed by atoms with Crippen molar-refractivity contribution >= 4 is 11.6 Å². The van der Waals surface area contributed by atoms with E-state index < -0.39 is 0 Å². The molecule has 0 spiro atoms. The van der Waals surface area contributed by atoms with Gasteiger partial charge in [0.15, 0.2) is 0 Å². The van der Waals surface area contributed by atoms with Crippen molar-refractivity contribution in [2.75, 3.05) is 5.32 Å². The first-order valence-electron chi connectivity index (χ1n) is 5.97. The lowest BCUT2D eigenvalue weighted by atomic mass is 9.87. The number of nitrogens with two attached hydrogens (primary N) is 1. The van der Waals surface area contributed by atoms with Gasteiger partial charge in [0.1, 0.15) is 0 Å². The smallest absolute Gasteiger partial charge is 0.225 e. The minimum Gasteiger partial charge on any atom is -0.327 e. The van der Waals surface area contributed by atoms with E-state index in [2.05, 4.69) is 26.1 Å². The molecular weight excluding hydrogens is 212 g/mol. The van der Waals surface area contributed by atoms with Gasteiger partial charge in [-0.2, -0.15) is 0 Å². The van der Waals surface area contributed by atoms with Gasteiger partial charge in [0.25, 0.3) is 0 Å². The van der Waals surface area contributed by atoms with E-state index in [1.165, 1.54) is 0 Å². The summed E-state index contributed by atoms with van der Waals surface area (Å²) < 4.78 is 0. The molecule has 0 fully saturated rings. The fourth-order valence-corrected chi connectivity index (χ4v) is 1.83. The van der Waals surface area contributed by atoms with Gasteiger partial charge in [-0.3, -0.25) is 4.79 Å². The zero-order chi connectivity index (χ0) is 12.9. The number of rotatable bonds is 4. The molecule has 0 aromatic heterocycles. The highest BCUT2D eigenvalue weighted by atomic mass is 16.1. The van der Waals surface area contributed by atoms with E-state index in [0.29, 0.717) is 6.42 Å². The minimum atomic E-state index is -0.0845. The van der Waals surface area contributed by atoms with Crippen LogP contribution in [-0.2, 0) is 4.79 Å². The number of carbonyl (C=O) groups is 1. The van der Waals surface area contributed by atoms with Crippen LogP contribution in [-0.4, -0.2) is 11.9 Å². The van der Waals surface area contributed by atoms with E-state index in [4.69, 9.17) is 5.73 Å². The Morgan fingerprint density at radius 1 is 1.29 bits per heavy atom. The van der Waals surface area contributed by atoms with Crippen LogP contribution in [0.3, 0.4) is 0 Å². The van der Waals surface area contributed by atoms with Gasteiger partial charge < -0.3 is 11.1 Å². The maximum absolute atomic E-state index is 11.7. The Balaban J connectivity index is 2.40. The van der Waals surface area contributed by atoms with Crippen molar-refractivity contribution in [2.45, 2.75) is 39.7 Å². The average molecular weight is 234 g/mol. The predicted molar refractivity (Wildman–Crippen MR) is 71.7 cm³/mol. The van der Waals surface area contributed by atoms with Crippen molar-refractivity contribution < 1.29 is 4.79 Å². The van der Waals surface area contributed by atoms with Gasteiger partial charge >= 0.3 is 0 Å². The highest BCUT2D eigenvalue weighted by molar-refractivity contribution is 5.91. The first-order chi connectivity index (χ1) is 7.87. The number of hydrogen-bond donors (Lipinski definition) is 2. The third-order valence-corrected chi connectivity index (χ3v) is 2.38. The molecule has 0 aliphatic heterocycles. The predicted octanol–water partition coefficient (Wildman–Crippen LogP) is 2.78. The van der Waals surface area contributed by atoms with E-state index in [1.807, 2.05) is 30.3 Å². The van der Waals surface area contributed by atoms with Crippen molar-refractivity contribution in [1.29, 1.82) is 0 Å². The molecule has 3 heteroatoms. The Morgan fingerprint density at radius 3 is 2.41 bits per heavy atom. The third-order valence-electron chi connectivity index (χ3n) is 2.38. The Kier molecular flexibility index (Phi) is 4.70. The first kappa shape index (κ1) is 13.7. The van der Waals surface area contributed by atoms with Gasteiger partial charge in [0, 0.05) is 18.2 Å². The summed E-state index contributed by atoms with van der Waals surface area (Å²) in [6.45, 7) is 6.38. The number of para-hydroxylation sites is 1. The van der Waals surface area contributed by atoms with Crippen LogP contribution in [0.5, 0.6) is 0 Å². The molecule has 0 saturated heterocycles. The lowest BCUT2D eigenvalue weighted by Crippen LogP contribution is -2.31. The molecule has 94 valence electrons. The fourth-order valence-electron chi connectivity index (χ4n) is 1.83. The molecule has 1 atom stereocenters. The average Bonchev–Trinajstić information content (AvgIpc) is 2.15. The van der Waals surface area contributed by atoms with E-state index in [-0.39, 0.29) is 17.4 Å². The molecule has 3 N–H and O–H groups in total. The number of nitrogens with one attached hydrogen (secondary N) is 1. The first-order valence-corrected chi connectivity index (χ1v) is 5.97. The summed E-state index contributed by atoms with van der Waals surface area (Å²) in [7, 11) is 0. The second-order valence-electron chi connectivity index (χ2n) is 5.64. The molecule has 17 heavy (non-hydrogen) atoms. The number of amides is 1. The largest absolute Gasteiger partial charge is 0.327 e. The Morgan fingerprint density at radius 2 is 1.88 bits per heavy atom. The number of benzene rings is 1. The molecule has 1 amide bonds. The second kappa shape index (κ2) is 5.82. The van der Waals surface area contributed by atoms with Gasteiger partial charge in [-0.1, -0.05) is 39.0 Å². The lowest BCUT2D eigenvalue weighted by Gasteiger charge is -2.22. The molecule has 0 radical (unpaired) electrons. The van der Waals surface area contributed by atoms with Gasteiger partial charge in [-0.05, 0) is 24.0 Å². The van der Waals surface area contributed by atoms with Crippen LogP contribution in [0, 0.1) is 5.41 Å². The minimum absolute atomic E-state index is 0.0204. The lowest BCUT2D eigenvalue weighted by molar-refractivity contribution is -0.116. The maximum atomic E-state index is 11.7. The van der Waals surface area contributed by atoms with E-state index in [9.17, 15) is 4.79 Å². The molecule has 0 heterocycles. The maximum Gasteiger partial charge on any atom is 0.225 e. The summed E-state index contributed by atoms with van der Waals surface area (Å²) >= 11 is 0. The molecule has 0 saturated carbocycles. The van der Waals surface area contributed by atoms with Crippen LogP contribution in [0.2, 0.25) is 0 Å². The highest BCUT2D eigenvalue weighted by Crippen LogP contribution is 2.21. The topological polar surface area (TPSA) is 55.1 Å². The standard InChI is InChI=1S/C14H22N2O/c1-14(2,3)10-11(15)9-13(17)16-12-7-5-4-6-8-12/h4-8,11H,9-10,15H2,1-3H3,(H,16,17). The zero-order valence-corrected chi connectivity index (χ0v) is 10.9. The summed E-state index contributed by atoms with van der Waals surface area (Å²) in [6.07, 6.45) is 1.21. The highest BCUT2D eigenvalue weighted by Gasteiger charge is 2.18.